The van der Waals surface area contributed by atoms with Crippen LogP contribution in [0.5, 0.6) is 0 Å². The Labute approximate surface area is 128 Å². The van der Waals surface area contributed by atoms with Crippen LogP contribution in [0, 0.1) is 34.5 Å². The van der Waals surface area contributed by atoms with E-state index in [2.05, 4.69) is 26.0 Å². The van der Waals surface area contributed by atoms with Crippen LogP contribution in [0.2, 0.25) is 0 Å². The maximum absolute atomic E-state index is 10.7. The number of aliphatic hydroxyl groups is 2. The molecule has 2 nitrogen and oxygen atoms in total. The number of hydrogen-bond donors (Lipinski definition) is 2. The van der Waals surface area contributed by atoms with E-state index in [-0.39, 0.29) is 23.0 Å². The highest BCUT2D eigenvalue weighted by molar-refractivity contribution is 5.15. The van der Waals surface area contributed by atoms with E-state index in [4.69, 9.17) is 0 Å². The second-order valence-electron chi connectivity index (χ2n) is 8.76. The molecule has 21 heavy (non-hydrogen) atoms. The lowest BCUT2D eigenvalue weighted by atomic mass is 9.45. The lowest BCUT2D eigenvalue weighted by molar-refractivity contribution is -0.143. The second-order valence-corrected chi connectivity index (χ2v) is 8.76. The van der Waals surface area contributed by atoms with Gasteiger partial charge < -0.3 is 10.2 Å². The van der Waals surface area contributed by atoms with Crippen LogP contribution in [0.4, 0.5) is 0 Å². The van der Waals surface area contributed by atoms with Crippen LogP contribution in [0.3, 0.4) is 0 Å². The minimum Gasteiger partial charge on any atom is -0.393 e. The summed E-state index contributed by atoms with van der Waals surface area (Å²) in [5.74, 6) is 2.72. The first-order valence-electron chi connectivity index (χ1n) is 9.00. The van der Waals surface area contributed by atoms with Gasteiger partial charge in [0.15, 0.2) is 0 Å². The van der Waals surface area contributed by atoms with Gasteiger partial charge in [-0.05, 0) is 74.0 Å². The highest BCUT2D eigenvalue weighted by atomic mass is 16.3. The zero-order chi connectivity index (χ0) is 14.8. The van der Waals surface area contributed by atoms with Gasteiger partial charge in [0.1, 0.15) is 0 Å². The zero-order valence-corrected chi connectivity index (χ0v) is 13.5. The molecular weight excluding hydrogens is 260 g/mol. The van der Waals surface area contributed by atoms with Crippen molar-refractivity contribution in [3.05, 3.63) is 12.2 Å². The van der Waals surface area contributed by atoms with Crippen molar-refractivity contribution < 1.29 is 10.2 Å². The molecule has 0 spiro atoms. The molecule has 0 aromatic carbocycles. The Morgan fingerprint density at radius 1 is 0.952 bits per heavy atom. The van der Waals surface area contributed by atoms with E-state index in [1.54, 1.807) is 0 Å². The molecule has 3 saturated carbocycles. The zero-order valence-electron chi connectivity index (χ0n) is 13.5. The van der Waals surface area contributed by atoms with Gasteiger partial charge in [-0.3, -0.25) is 0 Å². The smallest absolute Gasteiger partial charge is 0.0779 e. The molecule has 118 valence electrons. The van der Waals surface area contributed by atoms with Gasteiger partial charge in [-0.2, -0.15) is 0 Å². The van der Waals surface area contributed by atoms with E-state index in [1.165, 1.54) is 25.7 Å². The summed E-state index contributed by atoms with van der Waals surface area (Å²) in [6.45, 7) is 4.69. The van der Waals surface area contributed by atoms with Crippen molar-refractivity contribution in [1.82, 2.24) is 0 Å². The standard InChI is InChI=1S/C19H30O2/c1-18-11-10-15-13(14(18)8-9-16(18)20)7-6-12-4-3-5-17(21)19(12,15)2/h3,5,12-17,20-21H,4,6-11H2,1-2H3/t12?,13-,14-,15-,16?,17?,18-,19-/m0/s1. The van der Waals surface area contributed by atoms with E-state index in [9.17, 15) is 10.2 Å². The highest BCUT2D eigenvalue weighted by Gasteiger charge is 2.60. The topological polar surface area (TPSA) is 40.5 Å². The minimum absolute atomic E-state index is 0.0759. The summed E-state index contributed by atoms with van der Waals surface area (Å²) in [7, 11) is 0. The van der Waals surface area contributed by atoms with E-state index in [0.29, 0.717) is 17.8 Å². The Kier molecular flexibility index (Phi) is 3.11. The second kappa shape index (κ2) is 4.58. The highest BCUT2D eigenvalue weighted by Crippen LogP contribution is 2.65. The predicted molar refractivity (Wildman–Crippen MR) is 83.6 cm³/mol. The monoisotopic (exact) mass is 290 g/mol. The van der Waals surface area contributed by atoms with Crippen LogP contribution in [0.15, 0.2) is 12.2 Å². The van der Waals surface area contributed by atoms with Gasteiger partial charge in [0.05, 0.1) is 12.2 Å². The van der Waals surface area contributed by atoms with E-state index >= 15 is 0 Å². The molecule has 0 radical (unpaired) electrons. The fraction of sp³-hybridized carbons (Fsp3) is 0.895. The normalized spacial score (nSPS) is 59.2. The molecule has 0 aromatic rings. The Morgan fingerprint density at radius 3 is 2.57 bits per heavy atom. The van der Waals surface area contributed by atoms with Gasteiger partial charge in [0.2, 0.25) is 0 Å². The van der Waals surface area contributed by atoms with Crippen molar-refractivity contribution in [3.8, 4) is 0 Å². The molecule has 0 amide bonds. The van der Waals surface area contributed by atoms with E-state index < -0.39 is 0 Å². The average Bonchev–Trinajstić information content (AvgIpc) is 2.76. The first-order chi connectivity index (χ1) is 9.98. The summed E-state index contributed by atoms with van der Waals surface area (Å²) in [4.78, 5) is 0. The van der Waals surface area contributed by atoms with Crippen LogP contribution in [-0.4, -0.2) is 22.4 Å². The van der Waals surface area contributed by atoms with Crippen molar-refractivity contribution in [2.24, 2.45) is 34.5 Å². The van der Waals surface area contributed by atoms with Crippen LogP contribution >= 0.6 is 0 Å². The summed E-state index contributed by atoms with van der Waals surface area (Å²) < 4.78 is 0. The summed E-state index contributed by atoms with van der Waals surface area (Å²) in [5.41, 5.74) is 0.229. The van der Waals surface area contributed by atoms with Gasteiger partial charge >= 0.3 is 0 Å². The summed E-state index contributed by atoms with van der Waals surface area (Å²) in [6.07, 6.45) is 12.2. The molecule has 0 heterocycles. The molecule has 4 aliphatic rings. The van der Waals surface area contributed by atoms with E-state index in [0.717, 1.165) is 25.2 Å². The first-order valence-corrected chi connectivity index (χ1v) is 9.00. The van der Waals surface area contributed by atoms with Crippen molar-refractivity contribution in [2.45, 2.75) is 71.0 Å². The molecule has 2 heteroatoms. The maximum atomic E-state index is 10.7. The number of allylic oxidation sites excluding steroid dienone is 1. The Hall–Kier alpha value is -0.340. The predicted octanol–water partition coefficient (Wildman–Crippen LogP) is 3.53. The molecule has 0 bridgehead atoms. The van der Waals surface area contributed by atoms with Crippen LogP contribution < -0.4 is 0 Å². The Bertz CT molecular complexity index is 458. The maximum Gasteiger partial charge on any atom is 0.0779 e. The van der Waals surface area contributed by atoms with E-state index in [1.807, 2.05) is 0 Å². The SMILES string of the molecule is C[C@]12C(O)C=CCC1CC[C@@H]1[C@@H]2CC[C@]2(C)C(O)CC[C@@H]12. The third kappa shape index (κ3) is 1.72. The van der Waals surface area contributed by atoms with Crippen LogP contribution in [0.25, 0.3) is 0 Å². The quantitative estimate of drug-likeness (QED) is 0.670. The van der Waals surface area contributed by atoms with Gasteiger partial charge in [-0.25, -0.2) is 0 Å². The number of hydrogen-bond acceptors (Lipinski definition) is 2. The molecule has 3 unspecified atom stereocenters. The molecule has 0 saturated heterocycles. The largest absolute Gasteiger partial charge is 0.393 e. The summed E-state index contributed by atoms with van der Waals surface area (Å²) in [6, 6.07) is 0. The van der Waals surface area contributed by atoms with Gasteiger partial charge in [0.25, 0.3) is 0 Å². The molecule has 2 N–H and O–H groups in total. The lowest BCUT2D eigenvalue weighted by Crippen LogP contribution is -2.57. The average molecular weight is 290 g/mol. The summed E-state index contributed by atoms with van der Waals surface area (Å²) >= 11 is 0. The molecule has 0 aliphatic heterocycles. The summed E-state index contributed by atoms with van der Waals surface area (Å²) in [5, 5.41) is 21.2. The van der Waals surface area contributed by atoms with Gasteiger partial charge in [0, 0.05) is 5.41 Å². The Morgan fingerprint density at radius 2 is 1.76 bits per heavy atom. The van der Waals surface area contributed by atoms with Crippen molar-refractivity contribution >= 4 is 0 Å². The molecule has 3 fully saturated rings. The van der Waals surface area contributed by atoms with Gasteiger partial charge in [-0.1, -0.05) is 26.0 Å². The number of fused-ring (bicyclic) bond motifs is 5. The third-order valence-electron chi connectivity index (χ3n) is 8.29. The first kappa shape index (κ1) is 14.3. The third-order valence-corrected chi connectivity index (χ3v) is 8.29. The van der Waals surface area contributed by atoms with Crippen LogP contribution in [-0.2, 0) is 0 Å². The fourth-order valence-corrected chi connectivity index (χ4v) is 6.85. The van der Waals surface area contributed by atoms with Crippen LogP contribution in [0.1, 0.15) is 58.8 Å². The lowest BCUT2D eigenvalue weighted by Gasteiger charge is -2.60. The number of aliphatic hydroxyl groups excluding tert-OH is 2. The van der Waals surface area contributed by atoms with Crippen molar-refractivity contribution in [1.29, 1.82) is 0 Å². The number of rotatable bonds is 0. The molecular formula is C19H30O2. The molecule has 0 aromatic heterocycles. The molecule has 4 aliphatic carbocycles. The van der Waals surface area contributed by atoms with Crippen molar-refractivity contribution in [2.75, 3.05) is 0 Å². The van der Waals surface area contributed by atoms with Gasteiger partial charge in [-0.15, -0.1) is 0 Å². The Balaban J connectivity index is 1.69. The minimum atomic E-state index is -0.264. The molecule has 8 atom stereocenters. The van der Waals surface area contributed by atoms with Crippen molar-refractivity contribution in [3.63, 3.8) is 0 Å². The molecule has 4 rings (SSSR count). The fourth-order valence-electron chi connectivity index (χ4n) is 6.85.